The summed E-state index contributed by atoms with van der Waals surface area (Å²) in [6, 6.07) is 7.51. The van der Waals surface area contributed by atoms with Crippen LogP contribution in [0.4, 0.5) is 10.5 Å². The van der Waals surface area contributed by atoms with E-state index in [1.807, 2.05) is 43.0 Å². The average molecular weight is 248 g/mol. The zero-order valence-corrected chi connectivity index (χ0v) is 11.0. The molecule has 0 radical (unpaired) electrons. The van der Waals surface area contributed by atoms with E-state index in [9.17, 15) is 4.79 Å². The number of carbonyl (C=O) groups excluding carboxylic acids is 1. The summed E-state index contributed by atoms with van der Waals surface area (Å²) < 4.78 is 5.68. The summed E-state index contributed by atoms with van der Waals surface area (Å²) >= 11 is 0. The molecule has 18 heavy (non-hydrogen) atoms. The first kappa shape index (κ1) is 12.7. The van der Waals surface area contributed by atoms with Crippen molar-refractivity contribution in [1.29, 1.82) is 0 Å². The second kappa shape index (κ2) is 5.76. The number of nitrogens with zero attached hydrogens (tertiary/aromatic N) is 1. The zero-order valence-electron chi connectivity index (χ0n) is 11.0. The fourth-order valence-corrected chi connectivity index (χ4v) is 2.04. The highest BCUT2D eigenvalue weighted by Gasteiger charge is 2.18. The number of para-hydroxylation sites is 2. The van der Waals surface area contributed by atoms with Crippen LogP contribution in [-0.4, -0.2) is 30.1 Å². The van der Waals surface area contributed by atoms with Gasteiger partial charge in [-0.3, -0.25) is 0 Å². The second-order valence-electron chi connectivity index (χ2n) is 4.79. The summed E-state index contributed by atoms with van der Waals surface area (Å²) in [6.45, 7) is 5.64. The van der Waals surface area contributed by atoms with Crippen molar-refractivity contribution in [3.05, 3.63) is 24.3 Å². The minimum Gasteiger partial charge on any atom is -0.489 e. The highest BCUT2D eigenvalue weighted by molar-refractivity contribution is 5.91. The summed E-state index contributed by atoms with van der Waals surface area (Å²) in [4.78, 5) is 13.9. The molecule has 0 atom stereocenters. The molecular weight excluding hydrogens is 228 g/mol. The maximum absolute atomic E-state index is 12.0. The molecule has 4 nitrogen and oxygen atoms in total. The Hall–Kier alpha value is -1.71. The molecule has 0 bridgehead atoms. The Balaban J connectivity index is 2.05. The van der Waals surface area contributed by atoms with Gasteiger partial charge in [-0.05, 0) is 38.8 Å². The average Bonchev–Trinajstić information content (AvgIpc) is 2.84. The van der Waals surface area contributed by atoms with Crippen LogP contribution in [0.2, 0.25) is 0 Å². The van der Waals surface area contributed by atoms with Crippen LogP contribution in [0.15, 0.2) is 24.3 Å². The van der Waals surface area contributed by atoms with Gasteiger partial charge < -0.3 is 15.0 Å². The van der Waals surface area contributed by atoms with E-state index >= 15 is 0 Å². The fraction of sp³-hybridized carbons (Fsp3) is 0.500. The van der Waals surface area contributed by atoms with Crippen molar-refractivity contribution in [2.24, 2.45) is 0 Å². The number of anilines is 1. The Morgan fingerprint density at radius 2 is 1.94 bits per heavy atom. The van der Waals surface area contributed by atoms with E-state index in [1.165, 1.54) is 0 Å². The number of hydrogen-bond acceptors (Lipinski definition) is 2. The van der Waals surface area contributed by atoms with Crippen LogP contribution in [-0.2, 0) is 0 Å². The third-order valence-corrected chi connectivity index (χ3v) is 2.88. The van der Waals surface area contributed by atoms with Crippen molar-refractivity contribution >= 4 is 11.7 Å². The standard InChI is InChI=1S/C14H20N2O2/c1-11(2)18-13-8-4-3-7-12(13)15-14(17)16-9-5-6-10-16/h3-4,7-8,11H,5-6,9-10H2,1-2H3,(H,15,17). The van der Waals surface area contributed by atoms with E-state index in [4.69, 9.17) is 4.74 Å². The van der Waals surface area contributed by atoms with Crippen molar-refractivity contribution in [2.45, 2.75) is 32.8 Å². The number of nitrogens with one attached hydrogen (secondary N) is 1. The minimum atomic E-state index is -0.0349. The van der Waals surface area contributed by atoms with Crippen molar-refractivity contribution in [3.63, 3.8) is 0 Å². The summed E-state index contributed by atoms with van der Waals surface area (Å²) in [6.07, 6.45) is 2.28. The van der Waals surface area contributed by atoms with E-state index < -0.39 is 0 Å². The largest absolute Gasteiger partial charge is 0.489 e. The first-order valence-corrected chi connectivity index (χ1v) is 6.48. The van der Waals surface area contributed by atoms with Crippen LogP contribution in [0.1, 0.15) is 26.7 Å². The highest BCUT2D eigenvalue weighted by atomic mass is 16.5. The van der Waals surface area contributed by atoms with Crippen LogP contribution in [0, 0.1) is 0 Å². The van der Waals surface area contributed by atoms with Gasteiger partial charge in [0.1, 0.15) is 5.75 Å². The Labute approximate surface area is 108 Å². The molecule has 1 N–H and O–H groups in total. The second-order valence-corrected chi connectivity index (χ2v) is 4.79. The molecule has 1 aliphatic rings. The number of benzene rings is 1. The van der Waals surface area contributed by atoms with E-state index in [-0.39, 0.29) is 12.1 Å². The first-order chi connectivity index (χ1) is 8.66. The topological polar surface area (TPSA) is 41.6 Å². The SMILES string of the molecule is CC(C)Oc1ccccc1NC(=O)N1CCCC1. The number of ether oxygens (including phenoxy) is 1. The number of likely N-dealkylation sites (tertiary alicyclic amines) is 1. The van der Waals surface area contributed by atoms with E-state index in [0.717, 1.165) is 37.4 Å². The number of carbonyl (C=O) groups is 1. The third-order valence-electron chi connectivity index (χ3n) is 2.88. The molecule has 0 aromatic heterocycles. The van der Waals surface area contributed by atoms with E-state index in [1.54, 1.807) is 0 Å². The first-order valence-electron chi connectivity index (χ1n) is 6.48. The normalized spacial score (nSPS) is 14.9. The fourth-order valence-electron chi connectivity index (χ4n) is 2.04. The number of urea groups is 1. The van der Waals surface area contributed by atoms with Gasteiger partial charge in [0, 0.05) is 13.1 Å². The van der Waals surface area contributed by atoms with Gasteiger partial charge in [0.25, 0.3) is 0 Å². The Kier molecular flexibility index (Phi) is 4.07. The molecular formula is C14H20N2O2. The van der Waals surface area contributed by atoms with Gasteiger partial charge in [-0.25, -0.2) is 4.79 Å². The number of amides is 2. The lowest BCUT2D eigenvalue weighted by molar-refractivity contribution is 0.221. The number of rotatable bonds is 3. The van der Waals surface area contributed by atoms with Crippen LogP contribution < -0.4 is 10.1 Å². The molecule has 98 valence electrons. The predicted molar refractivity (Wildman–Crippen MR) is 72.0 cm³/mol. The van der Waals surface area contributed by atoms with Crippen molar-refractivity contribution in [2.75, 3.05) is 18.4 Å². The van der Waals surface area contributed by atoms with Crippen LogP contribution in [0.3, 0.4) is 0 Å². The van der Waals surface area contributed by atoms with Gasteiger partial charge in [-0.1, -0.05) is 12.1 Å². The zero-order chi connectivity index (χ0) is 13.0. The molecule has 1 aromatic rings. The molecule has 0 spiro atoms. The van der Waals surface area contributed by atoms with Crippen molar-refractivity contribution in [3.8, 4) is 5.75 Å². The molecule has 0 saturated carbocycles. The predicted octanol–water partition coefficient (Wildman–Crippen LogP) is 3.10. The lowest BCUT2D eigenvalue weighted by atomic mass is 10.3. The Morgan fingerprint density at radius 1 is 1.28 bits per heavy atom. The van der Waals surface area contributed by atoms with Gasteiger partial charge in [0.2, 0.25) is 0 Å². The van der Waals surface area contributed by atoms with Gasteiger partial charge in [-0.15, -0.1) is 0 Å². The smallest absolute Gasteiger partial charge is 0.321 e. The molecule has 1 fully saturated rings. The summed E-state index contributed by atoms with van der Waals surface area (Å²) in [5.74, 6) is 0.722. The lowest BCUT2D eigenvalue weighted by Crippen LogP contribution is -2.32. The molecule has 1 saturated heterocycles. The molecule has 1 aliphatic heterocycles. The summed E-state index contributed by atoms with van der Waals surface area (Å²) in [5.41, 5.74) is 0.739. The van der Waals surface area contributed by atoms with E-state index in [0.29, 0.717) is 0 Å². The van der Waals surface area contributed by atoms with Gasteiger partial charge in [0.05, 0.1) is 11.8 Å². The maximum Gasteiger partial charge on any atom is 0.321 e. The van der Waals surface area contributed by atoms with E-state index in [2.05, 4.69) is 5.32 Å². The summed E-state index contributed by atoms with van der Waals surface area (Å²) in [5, 5.41) is 2.92. The molecule has 2 amide bonds. The van der Waals surface area contributed by atoms with Crippen LogP contribution in [0.25, 0.3) is 0 Å². The Bertz CT molecular complexity index is 412. The molecule has 1 aromatic carbocycles. The molecule has 0 aliphatic carbocycles. The third kappa shape index (κ3) is 3.15. The molecule has 4 heteroatoms. The van der Waals surface area contributed by atoms with Crippen molar-refractivity contribution in [1.82, 2.24) is 4.90 Å². The van der Waals surface area contributed by atoms with Crippen LogP contribution in [0.5, 0.6) is 5.75 Å². The quantitative estimate of drug-likeness (QED) is 0.893. The highest BCUT2D eigenvalue weighted by Crippen LogP contribution is 2.25. The minimum absolute atomic E-state index is 0.0349. The van der Waals surface area contributed by atoms with Crippen molar-refractivity contribution < 1.29 is 9.53 Å². The number of hydrogen-bond donors (Lipinski definition) is 1. The van der Waals surface area contributed by atoms with Gasteiger partial charge in [-0.2, -0.15) is 0 Å². The van der Waals surface area contributed by atoms with Crippen LogP contribution >= 0.6 is 0 Å². The molecule has 0 unspecified atom stereocenters. The van der Waals surface area contributed by atoms with Gasteiger partial charge in [0.15, 0.2) is 0 Å². The Morgan fingerprint density at radius 3 is 2.61 bits per heavy atom. The van der Waals surface area contributed by atoms with Gasteiger partial charge >= 0.3 is 6.03 Å². The lowest BCUT2D eigenvalue weighted by Gasteiger charge is -2.19. The molecule has 1 heterocycles. The summed E-state index contributed by atoms with van der Waals surface area (Å²) in [7, 11) is 0. The maximum atomic E-state index is 12.0. The monoisotopic (exact) mass is 248 g/mol. The molecule has 2 rings (SSSR count).